The molecule has 0 aliphatic rings. The third-order valence-electron chi connectivity index (χ3n) is 2.26. The number of esters is 1. The minimum Gasteiger partial charge on any atom is -0.466 e. The summed E-state index contributed by atoms with van der Waals surface area (Å²) in [4.78, 5) is 11.3. The third-order valence-corrected chi connectivity index (χ3v) is 2.26. The molecule has 0 radical (unpaired) electrons. The first-order chi connectivity index (χ1) is 7.46. The zero-order chi connectivity index (χ0) is 12.6. The zero-order valence-corrected chi connectivity index (χ0v) is 10.9. The van der Waals surface area contributed by atoms with E-state index in [0.717, 1.165) is 0 Å². The van der Waals surface area contributed by atoms with Gasteiger partial charge in [0.1, 0.15) is 0 Å². The van der Waals surface area contributed by atoms with Gasteiger partial charge in [0.15, 0.2) is 0 Å². The highest BCUT2D eigenvalue weighted by molar-refractivity contribution is 5.88. The molecular formula is C12H23NO3. The van der Waals surface area contributed by atoms with Crippen molar-refractivity contribution in [1.29, 1.82) is 0 Å². The van der Waals surface area contributed by atoms with E-state index >= 15 is 0 Å². The van der Waals surface area contributed by atoms with Crippen LogP contribution in [0, 0.1) is 0 Å². The van der Waals surface area contributed by atoms with Crippen molar-refractivity contribution in [3.63, 3.8) is 0 Å². The summed E-state index contributed by atoms with van der Waals surface area (Å²) in [6.45, 7) is 7.29. The summed E-state index contributed by atoms with van der Waals surface area (Å²) in [6.07, 6.45) is 2.54. The van der Waals surface area contributed by atoms with Crippen molar-refractivity contribution in [3.8, 4) is 0 Å². The SMILES string of the molecule is CCC(=CCNC(C)(C)COC)C(=O)OC. The monoisotopic (exact) mass is 229 g/mol. The van der Waals surface area contributed by atoms with Crippen molar-refractivity contribution < 1.29 is 14.3 Å². The molecule has 0 aromatic heterocycles. The van der Waals surface area contributed by atoms with Gasteiger partial charge in [-0.25, -0.2) is 4.79 Å². The molecule has 0 saturated heterocycles. The van der Waals surface area contributed by atoms with E-state index in [1.165, 1.54) is 7.11 Å². The fourth-order valence-corrected chi connectivity index (χ4v) is 1.37. The van der Waals surface area contributed by atoms with Crippen LogP contribution in [0.25, 0.3) is 0 Å². The van der Waals surface area contributed by atoms with Gasteiger partial charge in [-0.2, -0.15) is 0 Å². The molecule has 0 aliphatic carbocycles. The summed E-state index contributed by atoms with van der Waals surface area (Å²) < 4.78 is 9.76. The maximum atomic E-state index is 11.3. The topological polar surface area (TPSA) is 47.6 Å². The van der Waals surface area contributed by atoms with Crippen molar-refractivity contribution >= 4 is 5.97 Å². The molecule has 1 N–H and O–H groups in total. The van der Waals surface area contributed by atoms with Gasteiger partial charge in [0, 0.05) is 24.8 Å². The predicted octanol–water partition coefficient (Wildman–Crippen LogP) is 1.51. The lowest BCUT2D eigenvalue weighted by Gasteiger charge is -2.24. The molecule has 0 aromatic carbocycles. The van der Waals surface area contributed by atoms with E-state index in [-0.39, 0.29) is 11.5 Å². The summed E-state index contributed by atoms with van der Waals surface area (Å²) in [6, 6.07) is 0. The van der Waals surface area contributed by atoms with Crippen LogP contribution in [0.3, 0.4) is 0 Å². The lowest BCUT2D eigenvalue weighted by Crippen LogP contribution is -2.43. The number of hydrogen-bond acceptors (Lipinski definition) is 4. The van der Waals surface area contributed by atoms with Gasteiger partial charge in [0.05, 0.1) is 13.7 Å². The Balaban J connectivity index is 4.20. The Hall–Kier alpha value is -0.870. The van der Waals surface area contributed by atoms with Gasteiger partial charge < -0.3 is 14.8 Å². The molecule has 0 unspecified atom stereocenters. The molecule has 0 bridgehead atoms. The van der Waals surface area contributed by atoms with Crippen LogP contribution in [0.4, 0.5) is 0 Å². The number of hydrogen-bond donors (Lipinski definition) is 1. The molecule has 94 valence electrons. The van der Waals surface area contributed by atoms with E-state index in [1.807, 2.05) is 26.8 Å². The summed E-state index contributed by atoms with van der Waals surface area (Å²) in [5.74, 6) is -0.256. The minimum absolute atomic E-state index is 0.0970. The van der Waals surface area contributed by atoms with Crippen LogP contribution in [0.15, 0.2) is 11.6 Å². The first-order valence-electron chi connectivity index (χ1n) is 5.48. The molecule has 0 heterocycles. The summed E-state index contributed by atoms with van der Waals surface area (Å²) >= 11 is 0. The average Bonchev–Trinajstić information content (AvgIpc) is 2.23. The van der Waals surface area contributed by atoms with Crippen LogP contribution in [0.2, 0.25) is 0 Å². The van der Waals surface area contributed by atoms with E-state index in [0.29, 0.717) is 25.1 Å². The normalized spacial score (nSPS) is 12.7. The Bertz CT molecular complexity index is 247. The first kappa shape index (κ1) is 15.1. The molecule has 0 fully saturated rings. The van der Waals surface area contributed by atoms with Crippen molar-refractivity contribution in [1.82, 2.24) is 5.32 Å². The van der Waals surface area contributed by atoms with Crippen molar-refractivity contribution in [2.24, 2.45) is 0 Å². The summed E-state index contributed by atoms with van der Waals surface area (Å²) in [5, 5.41) is 3.29. The zero-order valence-electron chi connectivity index (χ0n) is 10.9. The van der Waals surface area contributed by atoms with E-state index < -0.39 is 0 Å². The lowest BCUT2D eigenvalue weighted by atomic mass is 10.1. The van der Waals surface area contributed by atoms with Crippen LogP contribution in [-0.2, 0) is 14.3 Å². The predicted molar refractivity (Wildman–Crippen MR) is 64.3 cm³/mol. The van der Waals surface area contributed by atoms with E-state index in [2.05, 4.69) is 10.1 Å². The molecule has 0 spiro atoms. The van der Waals surface area contributed by atoms with Crippen LogP contribution >= 0.6 is 0 Å². The van der Waals surface area contributed by atoms with Crippen LogP contribution in [0.1, 0.15) is 27.2 Å². The Labute approximate surface area is 98.0 Å². The highest BCUT2D eigenvalue weighted by Crippen LogP contribution is 2.04. The average molecular weight is 229 g/mol. The van der Waals surface area contributed by atoms with Crippen LogP contribution in [0.5, 0.6) is 0 Å². The second-order valence-corrected chi connectivity index (χ2v) is 4.27. The second-order valence-electron chi connectivity index (χ2n) is 4.27. The number of carbonyl (C=O) groups excluding carboxylic acids is 1. The van der Waals surface area contributed by atoms with Crippen molar-refractivity contribution in [2.45, 2.75) is 32.7 Å². The molecule has 0 atom stereocenters. The molecule has 4 nitrogen and oxygen atoms in total. The Kier molecular flexibility index (Phi) is 7.01. The van der Waals surface area contributed by atoms with Gasteiger partial charge in [-0.15, -0.1) is 0 Å². The highest BCUT2D eigenvalue weighted by Gasteiger charge is 2.15. The molecule has 16 heavy (non-hydrogen) atoms. The molecule has 0 amide bonds. The first-order valence-corrected chi connectivity index (χ1v) is 5.48. The summed E-state index contributed by atoms with van der Waals surface area (Å²) in [7, 11) is 3.07. The fraction of sp³-hybridized carbons (Fsp3) is 0.750. The Morgan fingerprint density at radius 2 is 2.00 bits per heavy atom. The number of ether oxygens (including phenoxy) is 2. The largest absolute Gasteiger partial charge is 0.466 e. The number of rotatable bonds is 7. The van der Waals surface area contributed by atoms with Gasteiger partial charge in [-0.1, -0.05) is 13.0 Å². The molecule has 4 heteroatoms. The van der Waals surface area contributed by atoms with E-state index in [1.54, 1.807) is 7.11 Å². The van der Waals surface area contributed by atoms with Gasteiger partial charge in [0.25, 0.3) is 0 Å². The number of carbonyl (C=O) groups is 1. The number of nitrogens with one attached hydrogen (secondary N) is 1. The van der Waals surface area contributed by atoms with Crippen LogP contribution < -0.4 is 5.32 Å². The van der Waals surface area contributed by atoms with E-state index in [9.17, 15) is 4.79 Å². The third kappa shape index (κ3) is 5.88. The highest BCUT2D eigenvalue weighted by atomic mass is 16.5. The minimum atomic E-state index is -0.256. The van der Waals surface area contributed by atoms with Gasteiger partial charge in [0.2, 0.25) is 0 Å². The number of methoxy groups -OCH3 is 2. The van der Waals surface area contributed by atoms with Crippen molar-refractivity contribution in [3.05, 3.63) is 11.6 Å². The molecule has 0 aliphatic heterocycles. The van der Waals surface area contributed by atoms with Gasteiger partial charge in [-0.05, 0) is 20.3 Å². The molecule has 0 aromatic rings. The Morgan fingerprint density at radius 1 is 1.38 bits per heavy atom. The van der Waals surface area contributed by atoms with E-state index in [4.69, 9.17) is 4.74 Å². The smallest absolute Gasteiger partial charge is 0.333 e. The molecular weight excluding hydrogens is 206 g/mol. The second kappa shape index (κ2) is 7.41. The van der Waals surface area contributed by atoms with Gasteiger partial charge >= 0.3 is 5.97 Å². The standard InChI is InChI=1S/C12H23NO3/c1-6-10(11(14)16-5)7-8-13-12(2,3)9-15-4/h7,13H,6,8-9H2,1-5H3. The van der Waals surface area contributed by atoms with Gasteiger partial charge in [-0.3, -0.25) is 0 Å². The fourth-order valence-electron chi connectivity index (χ4n) is 1.37. The maximum absolute atomic E-state index is 11.3. The molecule has 0 rings (SSSR count). The lowest BCUT2D eigenvalue weighted by molar-refractivity contribution is -0.136. The summed E-state index contributed by atoms with van der Waals surface area (Å²) in [5.41, 5.74) is 0.600. The quantitative estimate of drug-likeness (QED) is 0.531. The molecule has 0 saturated carbocycles. The van der Waals surface area contributed by atoms with Crippen molar-refractivity contribution in [2.75, 3.05) is 27.4 Å². The Morgan fingerprint density at radius 3 is 2.44 bits per heavy atom. The maximum Gasteiger partial charge on any atom is 0.333 e. The van der Waals surface area contributed by atoms with Crippen LogP contribution in [-0.4, -0.2) is 38.9 Å².